The standard InChI is InChI=1S/C30H33ClN4O2/c1-33-11-2-3-24-18-34(19-29(24)33)17-21-4-5-23-14-27(9-6-22(23)13-21)35-12-10-28(15-30(35)36)37-20-26-8-7-25(31)16-32-26/h4-5,7-8,10,12-16,24,29H,2-3,6,9,11,17-20H2,1H3/t24-,29+/m1/s1. The summed E-state index contributed by atoms with van der Waals surface area (Å²) in [6.45, 7) is 4.95. The van der Waals surface area contributed by atoms with Gasteiger partial charge in [-0.3, -0.25) is 19.2 Å². The van der Waals surface area contributed by atoms with Crippen LogP contribution in [0, 0.1) is 5.92 Å². The first-order chi connectivity index (χ1) is 18.0. The van der Waals surface area contributed by atoms with Crippen molar-refractivity contribution in [3.63, 3.8) is 0 Å². The Bertz CT molecular complexity index is 1370. The molecule has 3 aliphatic rings. The number of fused-ring (bicyclic) bond motifs is 2. The van der Waals surface area contributed by atoms with Crippen LogP contribution in [0.25, 0.3) is 11.8 Å². The van der Waals surface area contributed by atoms with Crippen LogP contribution in [0.2, 0.25) is 5.02 Å². The van der Waals surface area contributed by atoms with Gasteiger partial charge in [-0.05, 0) is 86.2 Å². The molecule has 37 heavy (non-hydrogen) atoms. The second kappa shape index (κ2) is 10.4. The number of nitrogens with zero attached hydrogens (tertiary/aromatic N) is 4. The number of rotatable bonds is 6. The van der Waals surface area contributed by atoms with E-state index in [1.807, 2.05) is 18.3 Å². The normalized spacial score (nSPS) is 21.8. The molecule has 0 radical (unpaired) electrons. The third kappa shape index (κ3) is 5.37. The zero-order valence-electron chi connectivity index (χ0n) is 21.3. The van der Waals surface area contributed by atoms with E-state index < -0.39 is 0 Å². The van der Waals surface area contributed by atoms with Gasteiger partial charge in [0.15, 0.2) is 0 Å². The van der Waals surface area contributed by atoms with Crippen molar-refractivity contribution in [3.8, 4) is 5.75 Å². The van der Waals surface area contributed by atoms with Gasteiger partial charge >= 0.3 is 0 Å². The Morgan fingerprint density at radius 1 is 1.11 bits per heavy atom. The molecule has 0 amide bonds. The molecule has 6 nitrogen and oxygen atoms in total. The van der Waals surface area contributed by atoms with E-state index in [9.17, 15) is 4.79 Å². The second-order valence-electron chi connectivity index (χ2n) is 10.6. The molecule has 192 valence electrons. The smallest absolute Gasteiger partial charge is 0.258 e. The molecule has 4 heterocycles. The van der Waals surface area contributed by atoms with Gasteiger partial charge in [0.2, 0.25) is 0 Å². The average molecular weight is 517 g/mol. The average Bonchev–Trinajstić information content (AvgIpc) is 3.32. The molecule has 0 bridgehead atoms. The number of hydrogen-bond donors (Lipinski definition) is 0. The molecule has 7 heteroatoms. The minimum atomic E-state index is -0.0895. The number of ether oxygens (including phenoxy) is 1. The van der Waals surface area contributed by atoms with Crippen LogP contribution in [0.15, 0.2) is 59.7 Å². The summed E-state index contributed by atoms with van der Waals surface area (Å²) in [6.07, 6.45) is 10.0. The number of aryl methyl sites for hydroxylation is 1. The maximum Gasteiger partial charge on any atom is 0.258 e. The summed E-state index contributed by atoms with van der Waals surface area (Å²) in [6, 6.07) is 14.5. The SMILES string of the molecule is CN1CCC[C@@H]2CN(Cc3ccc4c(c3)CCC(n3ccc(OCc5ccc(Cl)cn5)cc3=O)=C4)C[C@@H]21. The van der Waals surface area contributed by atoms with Crippen molar-refractivity contribution in [2.45, 2.75) is 44.9 Å². The number of likely N-dealkylation sites (tertiary alicyclic amines) is 2. The van der Waals surface area contributed by atoms with E-state index in [1.165, 1.54) is 49.2 Å². The van der Waals surface area contributed by atoms with Crippen LogP contribution >= 0.6 is 11.6 Å². The van der Waals surface area contributed by atoms with Crippen molar-refractivity contribution in [2.24, 2.45) is 5.92 Å². The Morgan fingerprint density at radius 3 is 2.84 bits per heavy atom. The molecule has 2 fully saturated rings. The number of halogens is 1. The number of aromatic nitrogens is 2. The first kappa shape index (κ1) is 24.4. The van der Waals surface area contributed by atoms with E-state index in [0.717, 1.165) is 42.7 Å². The molecule has 0 unspecified atom stereocenters. The summed E-state index contributed by atoms with van der Waals surface area (Å²) in [7, 11) is 2.29. The zero-order chi connectivity index (χ0) is 25.4. The number of allylic oxidation sites excluding steroid dienone is 1. The van der Waals surface area contributed by atoms with Crippen LogP contribution in [-0.4, -0.2) is 52.1 Å². The summed E-state index contributed by atoms with van der Waals surface area (Å²) in [5.74, 6) is 1.36. The van der Waals surface area contributed by atoms with Gasteiger partial charge in [-0.15, -0.1) is 0 Å². The molecule has 0 N–H and O–H groups in total. The summed E-state index contributed by atoms with van der Waals surface area (Å²) in [5, 5.41) is 0.585. The van der Waals surface area contributed by atoms with Gasteiger partial charge in [0, 0.05) is 49.8 Å². The van der Waals surface area contributed by atoms with Gasteiger partial charge in [0.1, 0.15) is 12.4 Å². The highest BCUT2D eigenvalue weighted by atomic mass is 35.5. The lowest BCUT2D eigenvalue weighted by molar-refractivity contribution is 0.156. The fourth-order valence-electron chi connectivity index (χ4n) is 6.14. The molecule has 6 rings (SSSR count). The van der Waals surface area contributed by atoms with Gasteiger partial charge in [0.05, 0.1) is 10.7 Å². The van der Waals surface area contributed by atoms with E-state index in [1.54, 1.807) is 22.9 Å². The van der Waals surface area contributed by atoms with Gasteiger partial charge in [-0.1, -0.05) is 29.8 Å². The van der Waals surface area contributed by atoms with Crippen molar-refractivity contribution in [1.82, 2.24) is 19.4 Å². The maximum absolute atomic E-state index is 12.9. The summed E-state index contributed by atoms with van der Waals surface area (Å²) in [4.78, 5) is 22.3. The predicted octanol–water partition coefficient (Wildman–Crippen LogP) is 4.95. The molecular formula is C30H33ClN4O2. The minimum Gasteiger partial charge on any atom is -0.487 e. The number of hydrogen-bond acceptors (Lipinski definition) is 5. The van der Waals surface area contributed by atoms with Crippen LogP contribution in [0.4, 0.5) is 0 Å². The van der Waals surface area contributed by atoms with Crippen molar-refractivity contribution in [2.75, 3.05) is 26.7 Å². The molecule has 0 saturated carbocycles. The van der Waals surface area contributed by atoms with Gasteiger partial charge in [-0.25, -0.2) is 0 Å². The monoisotopic (exact) mass is 516 g/mol. The van der Waals surface area contributed by atoms with E-state index in [4.69, 9.17) is 16.3 Å². The highest BCUT2D eigenvalue weighted by Gasteiger charge is 2.37. The minimum absolute atomic E-state index is 0.0895. The first-order valence-corrected chi connectivity index (χ1v) is 13.6. The lowest BCUT2D eigenvalue weighted by Gasteiger charge is -2.33. The van der Waals surface area contributed by atoms with Crippen molar-refractivity contribution in [1.29, 1.82) is 0 Å². The molecule has 2 saturated heterocycles. The Morgan fingerprint density at radius 2 is 2.03 bits per heavy atom. The molecule has 1 aliphatic carbocycles. The van der Waals surface area contributed by atoms with Crippen LogP contribution in [0.5, 0.6) is 5.75 Å². The molecule has 2 aromatic heterocycles. The lowest BCUT2D eigenvalue weighted by atomic mass is 9.93. The second-order valence-corrected chi connectivity index (χ2v) is 11.1. The Hall–Kier alpha value is -2.93. The number of benzene rings is 1. The summed E-state index contributed by atoms with van der Waals surface area (Å²) in [5.41, 5.74) is 5.66. The third-order valence-corrected chi connectivity index (χ3v) is 8.32. The van der Waals surface area contributed by atoms with Crippen molar-refractivity contribution in [3.05, 3.63) is 92.6 Å². The largest absolute Gasteiger partial charge is 0.487 e. The number of pyridine rings is 2. The zero-order valence-corrected chi connectivity index (χ0v) is 22.0. The number of piperidine rings is 1. The Balaban J connectivity index is 1.12. The lowest BCUT2D eigenvalue weighted by Crippen LogP contribution is -2.42. The van der Waals surface area contributed by atoms with E-state index in [0.29, 0.717) is 10.8 Å². The van der Waals surface area contributed by atoms with E-state index in [2.05, 4.69) is 46.1 Å². The topological polar surface area (TPSA) is 50.6 Å². The van der Waals surface area contributed by atoms with Crippen LogP contribution in [0.1, 0.15) is 41.6 Å². The van der Waals surface area contributed by atoms with E-state index in [-0.39, 0.29) is 12.2 Å². The van der Waals surface area contributed by atoms with E-state index >= 15 is 0 Å². The number of likely N-dealkylation sites (N-methyl/N-ethyl adjacent to an activating group) is 1. The van der Waals surface area contributed by atoms with Crippen LogP contribution in [0.3, 0.4) is 0 Å². The quantitative estimate of drug-likeness (QED) is 0.464. The molecule has 0 spiro atoms. The summed E-state index contributed by atoms with van der Waals surface area (Å²) < 4.78 is 7.50. The van der Waals surface area contributed by atoms with Gasteiger partial charge < -0.3 is 9.64 Å². The van der Waals surface area contributed by atoms with Crippen LogP contribution < -0.4 is 10.3 Å². The maximum atomic E-state index is 12.9. The first-order valence-electron chi connectivity index (χ1n) is 13.2. The van der Waals surface area contributed by atoms with Gasteiger partial charge in [-0.2, -0.15) is 0 Å². The third-order valence-electron chi connectivity index (χ3n) is 8.10. The predicted molar refractivity (Wildman–Crippen MR) is 148 cm³/mol. The molecule has 2 aliphatic heterocycles. The van der Waals surface area contributed by atoms with Crippen molar-refractivity contribution >= 4 is 23.4 Å². The summed E-state index contributed by atoms with van der Waals surface area (Å²) >= 11 is 5.88. The molecule has 2 atom stereocenters. The highest BCUT2D eigenvalue weighted by Crippen LogP contribution is 2.32. The molecule has 1 aromatic carbocycles. The van der Waals surface area contributed by atoms with Crippen molar-refractivity contribution < 1.29 is 4.74 Å². The van der Waals surface area contributed by atoms with Crippen LogP contribution in [-0.2, 0) is 19.6 Å². The molecule has 3 aromatic rings. The Kier molecular flexibility index (Phi) is 6.89. The fraction of sp³-hybridized carbons (Fsp3) is 0.400. The fourth-order valence-corrected chi connectivity index (χ4v) is 6.25. The van der Waals surface area contributed by atoms with Gasteiger partial charge in [0.25, 0.3) is 5.56 Å². The highest BCUT2D eigenvalue weighted by molar-refractivity contribution is 6.30. The Labute approximate surface area is 223 Å². The molecular weight excluding hydrogens is 484 g/mol.